The highest BCUT2D eigenvalue weighted by molar-refractivity contribution is 5.11. The molecule has 0 aromatic carbocycles. The Morgan fingerprint density at radius 1 is 1.29 bits per heavy atom. The van der Waals surface area contributed by atoms with E-state index in [0.29, 0.717) is 25.7 Å². The van der Waals surface area contributed by atoms with Crippen LogP contribution in [0, 0.1) is 17.2 Å². The zero-order valence-electron chi connectivity index (χ0n) is 10.8. The molecule has 0 aromatic heterocycles. The summed E-state index contributed by atoms with van der Waals surface area (Å²) in [6, 6.07) is 2.26. The lowest BCUT2D eigenvalue weighted by Gasteiger charge is -2.23. The summed E-state index contributed by atoms with van der Waals surface area (Å²) in [5, 5.41) is 9.06. The third-order valence-electron chi connectivity index (χ3n) is 3.41. The van der Waals surface area contributed by atoms with Gasteiger partial charge in [-0.15, -0.1) is 0 Å². The fourth-order valence-electron chi connectivity index (χ4n) is 2.34. The lowest BCUT2D eigenvalue weighted by Crippen LogP contribution is -2.42. The van der Waals surface area contributed by atoms with Gasteiger partial charge in [0, 0.05) is 13.2 Å². The Morgan fingerprint density at radius 2 is 2.00 bits per heavy atom. The molecule has 0 aromatic rings. The first-order chi connectivity index (χ1) is 8.23. The summed E-state index contributed by atoms with van der Waals surface area (Å²) in [7, 11) is 0. The van der Waals surface area contributed by atoms with Crippen molar-refractivity contribution in [1.29, 1.82) is 5.26 Å². The molecule has 98 valence electrons. The lowest BCUT2D eigenvalue weighted by atomic mass is 9.87. The smallest absolute Gasteiger partial charge is 0.107 e. The highest BCUT2D eigenvalue weighted by Crippen LogP contribution is 2.35. The van der Waals surface area contributed by atoms with Crippen molar-refractivity contribution in [2.75, 3.05) is 26.4 Å². The molecule has 17 heavy (non-hydrogen) atoms. The SMILES string of the molecule is CCCOCCOCCC1CCCC1(N)C#N. The highest BCUT2D eigenvalue weighted by atomic mass is 16.5. The fourth-order valence-corrected chi connectivity index (χ4v) is 2.34. The minimum Gasteiger partial charge on any atom is -0.379 e. The van der Waals surface area contributed by atoms with Crippen LogP contribution in [0.5, 0.6) is 0 Å². The third-order valence-corrected chi connectivity index (χ3v) is 3.41. The number of nitriles is 1. The summed E-state index contributed by atoms with van der Waals surface area (Å²) in [4.78, 5) is 0. The molecule has 0 radical (unpaired) electrons. The Morgan fingerprint density at radius 3 is 2.65 bits per heavy atom. The van der Waals surface area contributed by atoms with Crippen LogP contribution < -0.4 is 5.73 Å². The molecule has 0 amide bonds. The van der Waals surface area contributed by atoms with Crippen molar-refractivity contribution in [3.8, 4) is 6.07 Å². The molecule has 2 atom stereocenters. The van der Waals surface area contributed by atoms with Gasteiger partial charge in [0.25, 0.3) is 0 Å². The van der Waals surface area contributed by atoms with Crippen LogP contribution in [0.25, 0.3) is 0 Å². The molecule has 0 spiro atoms. The van der Waals surface area contributed by atoms with Gasteiger partial charge in [0.2, 0.25) is 0 Å². The van der Waals surface area contributed by atoms with Crippen molar-refractivity contribution in [1.82, 2.24) is 0 Å². The predicted molar refractivity (Wildman–Crippen MR) is 66.4 cm³/mol. The second-order valence-corrected chi connectivity index (χ2v) is 4.75. The minimum atomic E-state index is -0.609. The predicted octanol–water partition coefficient (Wildman–Crippen LogP) is 1.84. The van der Waals surface area contributed by atoms with Gasteiger partial charge in [0.05, 0.1) is 19.3 Å². The van der Waals surface area contributed by atoms with Crippen LogP contribution in [0.2, 0.25) is 0 Å². The summed E-state index contributed by atoms with van der Waals surface area (Å²) >= 11 is 0. The molecular formula is C13H24N2O2. The second-order valence-electron chi connectivity index (χ2n) is 4.75. The Kier molecular flexibility index (Phi) is 6.49. The van der Waals surface area contributed by atoms with Crippen LogP contribution in [-0.4, -0.2) is 32.0 Å². The monoisotopic (exact) mass is 240 g/mol. The summed E-state index contributed by atoms with van der Waals surface area (Å²) in [5.74, 6) is 0.295. The van der Waals surface area contributed by atoms with E-state index >= 15 is 0 Å². The van der Waals surface area contributed by atoms with Gasteiger partial charge in [-0.2, -0.15) is 5.26 Å². The molecule has 1 saturated carbocycles. The van der Waals surface area contributed by atoms with Crippen LogP contribution in [0.1, 0.15) is 39.0 Å². The van der Waals surface area contributed by atoms with Crippen LogP contribution in [-0.2, 0) is 9.47 Å². The molecular weight excluding hydrogens is 216 g/mol. The quantitative estimate of drug-likeness (QED) is 0.657. The van der Waals surface area contributed by atoms with Gasteiger partial charge < -0.3 is 15.2 Å². The van der Waals surface area contributed by atoms with Gasteiger partial charge in [0.1, 0.15) is 5.54 Å². The molecule has 1 aliphatic rings. The number of nitrogens with zero attached hydrogens (tertiary/aromatic N) is 1. The molecule has 1 aliphatic carbocycles. The van der Waals surface area contributed by atoms with Gasteiger partial charge in [0.15, 0.2) is 0 Å². The van der Waals surface area contributed by atoms with Gasteiger partial charge in [-0.05, 0) is 31.6 Å². The van der Waals surface area contributed by atoms with E-state index in [1.165, 1.54) is 0 Å². The van der Waals surface area contributed by atoms with Crippen LogP contribution in [0.3, 0.4) is 0 Å². The van der Waals surface area contributed by atoms with Crippen molar-refractivity contribution in [3.63, 3.8) is 0 Å². The van der Waals surface area contributed by atoms with E-state index in [9.17, 15) is 0 Å². The first-order valence-electron chi connectivity index (χ1n) is 6.58. The maximum absolute atomic E-state index is 9.06. The summed E-state index contributed by atoms with van der Waals surface area (Å²) in [6.07, 6.45) is 4.87. The standard InChI is InChI=1S/C13H24N2O2/c1-2-7-16-9-10-17-8-5-12-4-3-6-13(12,15)11-14/h12H,2-10,15H2,1H3. The zero-order valence-corrected chi connectivity index (χ0v) is 10.8. The van der Waals surface area contributed by atoms with Crippen molar-refractivity contribution in [3.05, 3.63) is 0 Å². The molecule has 0 aliphatic heterocycles. The average molecular weight is 240 g/mol. The number of nitrogens with two attached hydrogens (primary N) is 1. The van der Waals surface area contributed by atoms with E-state index in [0.717, 1.165) is 38.7 Å². The number of hydrogen-bond acceptors (Lipinski definition) is 4. The van der Waals surface area contributed by atoms with Gasteiger partial charge in [-0.25, -0.2) is 0 Å². The van der Waals surface area contributed by atoms with E-state index in [2.05, 4.69) is 13.0 Å². The number of hydrogen-bond donors (Lipinski definition) is 1. The molecule has 1 fully saturated rings. The minimum absolute atomic E-state index is 0.295. The van der Waals surface area contributed by atoms with Crippen molar-refractivity contribution >= 4 is 0 Å². The Labute approximate surface area is 104 Å². The topological polar surface area (TPSA) is 68.3 Å². The summed E-state index contributed by atoms with van der Waals surface area (Å²) in [5.41, 5.74) is 5.43. The highest BCUT2D eigenvalue weighted by Gasteiger charge is 2.39. The summed E-state index contributed by atoms with van der Waals surface area (Å²) < 4.78 is 10.8. The molecule has 0 saturated heterocycles. The average Bonchev–Trinajstić information content (AvgIpc) is 2.71. The largest absolute Gasteiger partial charge is 0.379 e. The van der Waals surface area contributed by atoms with E-state index in [1.807, 2.05) is 0 Å². The van der Waals surface area contributed by atoms with Crippen LogP contribution in [0.4, 0.5) is 0 Å². The van der Waals surface area contributed by atoms with Crippen LogP contribution >= 0.6 is 0 Å². The lowest BCUT2D eigenvalue weighted by molar-refractivity contribution is 0.0416. The molecule has 0 heterocycles. The van der Waals surface area contributed by atoms with E-state index in [-0.39, 0.29) is 0 Å². The number of ether oxygens (including phenoxy) is 2. The molecule has 2 N–H and O–H groups in total. The Hall–Kier alpha value is -0.630. The van der Waals surface area contributed by atoms with E-state index < -0.39 is 5.54 Å². The second kappa shape index (κ2) is 7.65. The Bertz CT molecular complexity index is 252. The third kappa shape index (κ3) is 4.63. The first-order valence-corrected chi connectivity index (χ1v) is 6.58. The Balaban J connectivity index is 2.05. The molecule has 1 rings (SSSR count). The van der Waals surface area contributed by atoms with Gasteiger partial charge >= 0.3 is 0 Å². The van der Waals surface area contributed by atoms with E-state index in [1.54, 1.807) is 0 Å². The summed E-state index contributed by atoms with van der Waals surface area (Å²) in [6.45, 7) is 4.86. The van der Waals surface area contributed by atoms with E-state index in [4.69, 9.17) is 20.5 Å². The van der Waals surface area contributed by atoms with Crippen molar-refractivity contribution in [2.24, 2.45) is 11.7 Å². The first kappa shape index (κ1) is 14.4. The zero-order chi connectivity index (χ0) is 12.6. The molecule has 2 unspecified atom stereocenters. The normalized spacial score (nSPS) is 28.2. The molecule has 4 heteroatoms. The maximum atomic E-state index is 9.06. The molecule has 0 bridgehead atoms. The van der Waals surface area contributed by atoms with Crippen LogP contribution in [0.15, 0.2) is 0 Å². The maximum Gasteiger partial charge on any atom is 0.107 e. The van der Waals surface area contributed by atoms with Crippen molar-refractivity contribution in [2.45, 2.75) is 44.6 Å². The number of rotatable bonds is 8. The van der Waals surface area contributed by atoms with Crippen molar-refractivity contribution < 1.29 is 9.47 Å². The molecule has 4 nitrogen and oxygen atoms in total. The fraction of sp³-hybridized carbons (Fsp3) is 0.923. The van der Waals surface area contributed by atoms with Gasteiger partial charge in [-0.1, -0.05) is 13.3 Å². The van der Waals surface area contributed by atoms with Gasteiger partial charge in [-0.3, -0.25) is 0 Å².